The fourth-order valence-corrected chi connectivity index (χ4v) is 2.21. The molecule has 22 heavy (non-hydrogen) atoms. The van der Waals surface area contributed by atoms with E-state index in [1.165, 1.54) is 7.11 Å². The summed E-state index contributed by atoms with van der Waals surface area (Å²) in [6.07, 6.45) is 3.93. The Bertz CT molecular complexity index is 562. The first-order valence-corrected chi connectivity index (χ1v) is 7.45. The SMILES string of the molecule is COC(=O)C/C=C/c1ccccc1B1OC(C)(C)C(C)(C)O1. The van der Waals surface area contributed by atoms with Crippen molar-refractivity contribution < 1.29 is 18.8 Å². The second kappa shape index (κ2) is 6.27. The lowest BCUT2D eigenvalue weighted by Gasteiger charge is -2.32. The van der Waals surface area contributed by atoms with Crippen LogP contribution >= 0.6 is 0 Å². The van der Waals surface area contributed by atoms with Crippen LogP contribution in [0.3, 0.4) is 0 Å². The summed E-state index contributed by atoms with van der Waals surface area (Å²) in [6, 6.07) is 7.87. The van der Waals surface area contributed by atoms with E-state index >= 15 is 0 Å². The zero-order valence-corrected chi connectivity index (χ0v) is 13.9. The highest BCUT2D eigenvalue weighted by molar-refractivity contribution is 6.63. The molecule has 0 aliphatic carbocycles. The molecule has 0 aromatic heterocycles. The summed E-state index contributed by atoms with van der Waals surface area (Å²) in [6.45, 7) is 8.12. The Balaban J connectivity index is 2.21. The van der Waals surface area contributed by atoms with Crippen molar-refractivity contribution in [3.05, 3.63) is 35.9 Å². The van der Waals surface area contributed by atoms with Crippen LogP contribution in [0.2, 0.25) is 0 Å². The van der Waals surface area contributed by atoms with Gasteiger partial charge < -0.3 is 14.0 Å². The van der Waals surface area contributed by atoms with Gasteiger partial charge in [-0.2, -0.15) is 0 Å². The minimum absolute atomic E-state index is 0.244. The summed E-state index contributed by atoms with van der Waals surface area (Å²) in [4.78, 5) is 11.2. The van der Waals surface area contributed by atoms with E-state index in [4.69, 9.17) is 9.31 Å². The predicted octanol–water partition coefficient (Wildman–Crippen LogP) is 2.56. The standard InChI is InChI=1S/C17H23BO4/c1-16(2)17(3,4)22-18(21-16)14-11-7-6-9-13(14)10-8-12-15(19)20-5/h6-11H,12H2,1-5H3/b10-8+. The molecule has 5 heteroatoms. The number of benzene rings is 1. The lowest BCUT2D eigenvalue weighted by Crippen LogP contribution is -2.41. The molecule has 1 aromatic carbocycles. The number of methoxy groups -OCH3 is 1. The normalized spacial score (nSPS) is 19.6. The summed E-state index contributed by atoms with van der Waals surface area (Å²) in [5.74, 6) is -0.260. The predicted molar refractivity (Wildman–Crippen MR) is 87.8 cm³/mol. The summed E-state index contributed by atoms with van der Waals surface area (Å²) in [7, 11) is 0.970. The maximum Gasteiger partial charge on any atom is 0.495 e. The molecule has 0 atom stereocenters. The third-order valence-electron chi connectivity index (χ3n) is 4.31. The van der Waals surface area contributed by atoms with Crippen LogP contribution in [0.15, 0.2) is 30.3 Å². The fraction of sp³-hybridized carbons (Fsp3) is 0.471. The van der Waals surface area contributed by atoms with Gasteiger partial charge in [-0.1, -0.05) is 36.4 Å². The lowest BCUT2D eigenvalue weighted by molar-refractivity contribution is -0.139. The van der Waals surface area contributed by atoms with Crippen molar-refractivity contribution in [1.82, 2.24) is 0 Å². The molecule has 0 bridgehead atoms. The van der Waals surface area contributed by atoms with Crippen molar-refractivity contribution in [2.45, 2.75) is 45.3 Å². The van der Waals surface area contributed by atoms with Crippen LogP contribution in [-0.4, -0.2) is 31.4 Å². The van der Waals surface area contributed by atoms with Gasteiger partial charge in [0.1, 0.15) is 0 Å². The van der Waals surface area contributed by atoms with Crippen molar-refractivity contribution in [1.29, 1.82) is 0 Å². The van der Waals surface area contributed by atoms with Crippen molar-refractivity contribution >= 4 is 24.6 Å². The molecule has 1 heterocycles. The van der Waals surface area contributed by atoms with Gasteiger partial charge in [-0.3, -0.25) is 4.79 Å². The highest BCUT2D eigenvalue weighted by Crippen LogP contribution is 2.36. The minimum Gasteiger partial charge on any atom is -0.469 e. The molecule has 1 aliphatic heterocycles. The third-order valence-corrected chi connectivity index (χ3v) is 4.31. The molecule has 0 N–H and O–H groups in total. The Morgan fingerprint density at radius 3 is 2.36 bits per heavy atom. The number of ether oxygens (including phenoxy) is 1. The maximum absolute atomic E-state index is 11.2. The number of carbonyl (C=O) groups excluding carboxylic acids is 1. The summed E-state index contributed by atoms with van der Waals surface area (Å²) < 4.78 is 16.8. The van der Waals surface area contributed by atoms with E-state index in [1.54, 1.807) is 6.08 Å². The molecule has 2 rings (SSSR count). The Hall–Kier alpha value is -1.59. The molecule has 1 aliphatic rings. The van der Waals surface area contributed by atoms with Gasteiger partial charge >= 0.3 is 13.1 Å². The first-order valence-electron chi connectivity index (χ1n) is 7.45. The first-order chi connectivity index (χ1) is 10.3. The van der Waals surface area contributed by atoms with Crippen LogP contribution in [0.25, 0.3) is 6.08 Å². The van der Waals surface area contributed by atoms with Crippen LogP contribution in [0.4, 0.5) is 0 Å². The number of hydrogen-bond donors (Lipinski definition) is 0. The van der Waals surface area contributed by atoms with E-state index in [0.717, 1.165) is 11.0 Å². The second-order valence-corrected chi connectivity index (χ2v) is 6.40. The Labute approximate surface area is 132 Å². The van der Waals surface area contributed by atoms with Crippen molar-refractivity contribution in [3.63, 3.8) is 0 Å². The van der Waals surface area contributed by atoms with E-state index in [1.807, 2.05) is 58.0 Å². The number of rotatable bonds is 4. The molecular weight excluding hydrogens is 279 g/mol. The molecule has 0 radical (unpaired) electrons. The Morgan fingerprint density at radius 2 is 1.77 bits per heavy atom. The van der Waals surface area contributed by atoms with Crippen molar-refractivity contribution in [2.24, 2.45) is 0 Å². The van der Waals surface area contributed by atoms with Gasteiger partial charge in [0.05, 0.1) is 24.7 Å². The van der Waals surface area contributed by atoms with E-state index in [9.17, 15) is 4.79 Å². The number of esters is 1. The minimum atomic E-state index is -0.413. The average molecular weight is 302 g/mol. The zero-order chi connectivity index (χ0) is 16.4. The van der Waals surface area contributed by atoms with E-state index in [2.05, 4.69) is 4.74 Å². The average Bonchev–Trinajstić information content (AvgIpc) is 2.67. The molecule has 1 saturated heterocycles. The topological polar surface area (TPSA) is 44.8 Å². The lowest BCUT2D eigenvalue weighted by atomic mass is 9.76. The molecule has 118 valence electrons. The number of carbonyl (C=O) groups is 1. The molecule has 0 unspecified atom stereocenters. The van der Waals surface area contributed by atoms with E-state index in [-0.39, 0.29) is 23.6 Å². The molecular formula is C17H23BO4. The summed E-state index contributed by atoms with van der Waals surface area (Å²) in [5.41, 5.74) is 1.19. The van der Waals surface area contributed by atoms with E-state index < -0.39 is 7.12 Å². The zero-order valence-electron chi connectivity index (χ0n) is 13.9. The molecule has 0 spiro atoms. The van der Waals surface area contributed by atoms with Gasteiger partial charge in [0.2, 0.25) is 0 Å². The Kier molecular flexibility index (Phi) is 4.78. The molecule has 1 fully saturated rings. The smallest absolute Gasteiger partial charge is 0.469 e. The van der Waals surface area contributed by atoms with Crippen LogP contribution in [0.5, 0.6) is 0 Å². The van der Waals surface area contributed by atoms with Crippen LogP contribution < -0.4 is 5.46 Å². The Morgan fingerprint density at radius 1 is 1.18 bits per heavy atom. The van der Waals surface area contributed by atoms with E-state index in [0.29, 0.717) is 0 Å². The first kappa shape index (κ1) is 16.8. The van der Waals surface area contributed by atoms with Crippen LogP contribution in [0.1, 0.15) is 39.7 Å². The van der Waals surface area contributed by atoms with Crippen molar-refractivity contribution in [3.8, 4) is 0 Å². The quantitative estimate of drug-likeness (QED) is 0.633. The van der Waals surface area contributed by atoms with Gasteiger partial charge in [0.15, 0.2) is 0 Å². The van der Waals surface area contributed by atoms with Gasteiger partial charge in [0.25, 0.3) is 0 Å². The highest BCUT2D eigenvalue weighted by Gasteiger charge is 2.52. The highest BCUT2D eigenvalue weighted by atomic mass is 16.7. The molecule has 0 saturated carbocycles. The van der Waals surface area contributed by atoms with Crippen LogP contribution in [-0.2, 0) is 18.8 Å². The molecule has 1 aromatic rings. The van der Waals surface area contributed by atoms with Gasteiger partial charge in [-0.25, -0.2) is 0 Å². The largest absolute Gasteiger partial charge is 0.495 e. The summed E-state index contributed by atoms with van der Waals surface area (Å²) in [5, 5.41) is 0. The molecule has 4 nitrogen and oxygen atoms in total. The van der Waals surface area contributed by atoms with Gasteiger partial charge in [0, 0.05) is 0 Å². The monoisotopic (exact) mass is 302 g/mol. The van der Waals surface area contributed by atoms with Crippen molar-refractivity contribution in [2.75, 3.05) is 7.11 Å². The second-order valence-electron chi connectivity index (χ2n) is 6.40. The van der Waals surface area contributed by atoms with Gasteiger partial charge in [-0.05, 0) is 38.7 Å². The number of hydrogen-bond acceptors (Lipinski definition) is 4. The maximum atomic E-state index is 11.2. The fourth-order valence-electron chi connectivity index (χ4n) is 2.21. The van der Waals surface area contributed by atoms with Crippen LogP contribution in [0, 0.1) is 0 Å². The molecule has 0 amide bonds. The third kappa shape index (κ3) is 3.42. The summed E-state index contributed by atoms with van der Waals surface area (Å²) >= 11 is 0. The van der Waals surface area contributed by atoms with Gasteiger partial charge in [-0.15, -0.1) is 0 Å².